The average molecular weight is 426 g/mol. The Morgan fingerprint density at radius 2 is 1.28 bits per heavy atom. The summed E-state index contributed by atoms with van der Waals surface area (Å²) >= 11 is 11.8. The van der Waals surface area contributed by atoms with Gasteiger partial charge in [0.05, 0.1) is 18.4 Å². The highest BCUT2D eigenvalue weighted by Gasteiger charge is 2.07. The number of benzene rings is 3. The fourth-order valence-electron chi connectivity index (χ4n) is 3.04. The molecule has 3 rings (SSSR count). The van der Waals surface area contributed by atoms with Gasteiger partial charge in [-0.25, -0.2) is 0 Å². The van der Waals surface area contributed by atoms with E-state index >= 15 is 0 Å². The molecule has 0 heterocycles. The van der Waals surface area contributed by atoms with Gasteiger partial charge in [-0.15, -0.1) is 23.2 Å². The first-order chi connectivity index (χ1) is 14.3. The van der Waals surface area contributed by atoms with Crippen LogP contribution in [0.4, 0.5) is 11.4 Å². The molecule has 0 aliphatic carbocycles. The van der Waals surface area contributed by atoms with Gasteiger partial charge in [-0.1, -0.05) is 60.7 Å². The summed E-state index contributed by atoms with van der Waals surface area (Å²) in [7, 11) is 0. The van der Waals surface area contributed by atoms with E-state index in [1.54, 1.807) is 0 Å². The summed E-state index contributed by atoms with van der Waals surface area (Å²) in [6.45, 7) is 2.26. The third-order valence-corrected chi connectivity index (χ3v) is 4.88. The van der Waals surface area contributed by atoms with Crippen molar-refractivity contribution in [3.63, 3.8) is 0 Å². The van der Waals surface area contributed by atoms with Gasteiger partial charge in [-0.2, -0.15) is 5.10 Å². The van der Waals surface area contributed by atoms with Gasteiger partial charge in [0.1, 0.15) is 0 Å². The van der Waals surface area contributed by atoms with Gasteiger partial charge < -0.3 is 4.90 Å². The molecule has 0 radical (unpaired) electrons. The number of hydrogen-bond acceptors (Lipinski definition) is 3. The molecular formula is C24H25Cl2N3. The number of para-hydroxylation sites is 1. The van der Waals surface area contributed by atoms with Crippen LogP contribution in [-0.4, -0.2) is 31.1 Å². The van der Waals surface area contributed by atoms with Crippen LogP contribution in [0.1, 0.15) is 11.1 Å². The van der Waals surface area contributed by atoms with Crippen molar-refractivity contribution in [2.45, 2.75) is 6.54 Å². The van der Waals surface area contributed by atoms with E-state index in [-0.39, 0.29) is 0 Å². The van der Waals surface area contributed by atoms with Crippen molar-refractivity contribution >= 4 is 40.8 Å². The highest BCUT2D eigenvalue weighted by atomic mass is 35.5. The lowest BCUT2D eigenvalue weighted by Gasteiger charge is -2.23. The molecule has 0 unspecified atom stereocenters. The topological polar surface area (TPSA) is 18.8 Å². The summed E-state index contributed by atoms with van der Waals surface area (Å²) in [4.78, 5) is 2.19. The van der Waals surface area contributed by atoms with Crippen LogP contribution < -0.4 is 9.91 Å². The van der Waals surface area contributed by atoms with Crippen LogP contribution in [0.2, 0.25) is 0 Å². The van der Waals surface area contributed by atoms with E-state index in [1.165, 1.54) is 5.56 Å². The summed E-state index contributed by atoms with van der Waals surface area (Å²) in [6.07, 6.45) is 1.90. The summed E-state index contributed by atoms with van der Waals surface area (Å²) in [5, 5.41) is 6.77. The minimum Gasteiger partial charge on any atom is -0.369 e. The van der Waals surface area contributed by atoms with Crippen LogP contribution in [0.15, 0.2) is 90.0 Å². The molecule has 3 aromatic rings. The second-order valence-electron chi connectivity index (χ2n) is 6.58. The number of hydrogen-bond donors (Lipinski definition) is 0. The Bertz CT molecular complexity index is 862. The molecule has 0 aliphatic rings. The average Bonchev–Trinajstić information content (AvgIpc) is 2.78. The molecule has 5 heteroatoms. The lowest BCUT2D eigenvalue weighted by atomic mass is 10.2. The van der Waals surface area contributed by atoms with Crippen LogP contribution in [0.5, 0.6) is 0 Å². The molecule has 0 saturated heterocycles. The van der Waals surface area contributed by atoms with Crippen molar-refractivity contribution in [1.82, 2.24) is 0 Å². The molecule has 0 spiro atoms. The second kappa shape index (κ2) is 11.5. The Balaban J connectivity index is 1.76. The monoisotopic (exact) mass is 425 g/mol. The van der Waals surface area contributed by atoms with Gasteiger partial charge >= 0.3 is 0 Å². The first kappa shape index (κ1) is 21.2. The number of anilines is 2. The molecule has 0 bridgehead atoms. The Hall–Kier alpha value is -2.49. The third kappa shape index (κ3) is 6.52. The predicted molar refractivity (Wildman–Crippen MR) is 127 cm³/mol. The lowest BCUT2D eigenvalue weighted by Crippen LogP contribution is -2.27. The maximum Gasteiger partial charge on any atom is 0.0666 e. The number of hydrazone groups is 1. The summed E-state index contributed by atoms with van der Waals surface area (Å²) in [6, 6.07) is 28.9. The number of halogens is 2. The zero-order chi connectivity index (χ0) is 20.3. The Morgan fingerprint density at radius 1 is 0.690 bits per heavy atom. The minimum atomic E-state index is 0.575. The highest BCUT2D eigenvalue weighted by molar-refractivity contribution is 6.18. The molecule has 3 aromatic carbocycles. The van der Waals surface area contributed by atoms with Crippen LogP contribution >= 0.6 is 23.2 Å². The van der Waals surface area contributed by atoms with E-state index < -0.39 is 0 Å². The molecule has 29 heavy (non-hydrogen) atoms. The van der Waals surface area contributed by atoms with Gasteiger partial charge in [-0.3, -0.25) is 5.01 Å². The Morgan fingerprint density at radius 3 is 1.86 bits per heavy atom. The minimum absolute atomic E-state index is 0.575. The SMILES string of the molecule is ClCCN(CCCl)c1ccc(C=NN(Cc2ccccc2)c2ccccc2)cc1. The first-order valence-corrected chi connectivity index (χ1v) is 10.7. The first-order valence-electron chi connectivity index (χ1n) is 9.67. The van der Waals surface area contributed by atoms with E-state index in [2.05, 4.69) is 53.4 Å². The fourth-order valence-corrected chi connectivity index (χ4v) is 3.44. The maximum absolute atomic E-state index is 5.91. The van der Waals surface area contributed by atoms with Crippen molar-refractivity contribution in [2.75, 3.05) is 34.8 Å². The Labute approximate surface area is 183 Å². The molecule has 0 atom stereocenters. The van der Waals surface area contributed by atoms with Gasteiger partial charge in [0.2, 0.25) is 0 Å². The molecule has 150 valence electrons. The quantitative estimate of drug-likeness (QED) is 0.225. The van der Waals surface area contributed by atoms with Crippen molar-refractivity contribution in [2.24, 2.45) is 5.10 Å². The summed E-state index contributed by atoms with van der Waals surface area (Å²) in [5.41, 5.74) is 4.42. The smallest absolute Gasteiger partial charge is 0.0666 e. The number of nitrogens with zero attached hydrogens (tertiary/aromatic N) is 3. The van der Waals surface area contributed by atoms with Gasteiger partial charge in [0.25, 0.3) is 0 Å². The lowest BCUT2D eigenvalue weighted by molar-refractivity contribution is 0.858. The molecule has 0 fully saturated rings. The van der Waals surface area contributed by atoms with Crippen LogP contribution in [0, 0.1) is 0 Å². The van der Waals surface area contributed by atoms with E-state index in [9.17, 15) is 0 Å². The van der Waals surface area contributed by atoms with E-state index in [0.29, 0.717) is 18.3 Å². The van der Waals surface area contributed by atoms with Crippen molar-refractivity contribution in [1.29, 1.82) is 0 Å². The Kier molecular flexibility index (Phi) is 8.41. The van der Waals surface area contributed by atoms with Crippen molar-refractivity contribution < 1.29 is 0 Å². The molecule has 0 aliphatic heterocycles. The van der Waals surface area contributed by atoms with Crippen molar-refractivity contribution in [3.8, 4) is 0 Å². The zero-order valence-corrected chi connectivity index (χ0v) is 17.8. The highest BCUT2D eigenvalue weighted by Crippen LogP contribution is 2.18. The molecule has 0 amide bonds. The predicted octanol–water partition coefficient (Wildman–Crippen LogP) is 6.01. The fraction of sp³-hybridized carbons (Fsp3) is 0.208. The molecular weight excluding hydrogens is 401 g/mol. The van der Waals surface area contributed by atoms with Crippen LogP contribution in [0.25, 0.3) is 0 Å². The van der Waals surface area contributed by atoms with Crippen LogP contribution in [0.3, 0.4) is 0 Å². The molecule has 3 nitrogen and oxygen atoms in total. The zero-order valence-electron chi connectivity index (χ0n) is 16.3. The van der Waals surface area contributed by atoms with Gasteiger partial charge in [0, 0.05) is 30.5 Å². The van der Waals surface area contributed by atoms with E-state index in [1.807, 2.05) is 47.6 Å². The van der Waals surface area contributed by atoms with Crippen molar-refractivity contribution in [3.05, 3.63) is 96.1 Å². The van der Waals surface area contributed by atoms with Gasteiger partial charge in [0.15, 0.2) is 0 Å². The molecule has 0 aromatic heterocycles. The summed E-state index contributed by atoms with van der Waals surface area (Å²) < 4.78 is 0. The normalized spacial score (nSPS) is 11.0. The third-order valence-electron chi connectivity index (χ3n) is 4.54. The number of rotatable bonds is 10. The molecule has 0 saturated carbocycles. The summed E-state index contributed by atoms with van der Waals surface area (Å²) in [5.74, 6) is 1.15. The maximum atomic E-state index is 5.91. The molecule has 0 N–H and O–H groups in total. The second-order valence-corrected chi connectivity index (χ2v) is 7.34. The van der Waals surface area contributed by atoms with E-state index in [0.717, 1.165) is 30.0 Å². The van der Waals surface area contributed by atoms with Crippen LogP contribution in [-0.2, 0) is 6.54 Å². The van der Waals surface area contributed by atoms with Gasteiger partial charge in [-0.05, 0) is 35.4 Å². The largest absolute Gasteiger partial charge is 0.369 e. The van der Waals surface area contributed by atoms with E-state index in [4.69, 9.17) is 28.3 Å². The standard InChI is InChI=1S/C24H25Cl2N3/c25-15-17-28(18-16-26)23-13-11-21(12-14-23)19-27-29(24-9-5-2-6-10-24)20-22-7-3-1-4-8-22/h1-14,19H,15-18,20H2. The number of alkyl halides is 2.